The van der Waals surface area contributed by atoms with E-state index in [-0.39, 0.29) is 5.91 Å². The topological polar surface area (TPSA) is 54.4 Å². The Morgan fingerprint density at radius 3 is 2.90 bits per heavy atom. The Labute approximate surface area is 127 Å². The number of benzene rings is 1. The Morgan fingerprint density at radius 1 is 1.24 bits per heavy atom. The number of thioether (sulfide) groups is 1. The number of nitrogens with zero attached hydrogens (tertiary/aromatic N) is 2. The van der Waals surface area contributed by atoms with Gasteiger partial charge in [-0.1, -0.05) is 18.2 Å². The number of nitrogens with one attached hydrogen (secondary N) is 1. The standard InChI is InChI=1S/C16H13N3OS/c1-11-5-4-7-13(9-11)18-16-19-15(20)14(21-16)10-12-6-2-3-8-17-12/h2-10H,1H3,(H,18,19,20)/b14-10-. The van der Waals surface area contributed by atoms with Gasteiger partial charge in [0.05, 0.1) is 16.3 Å². The zero-order valence-electron chi connectivity index (χ0n) is 11.4. The smallest absolute Gasteiger partial charge is 0.264 e. The molecular formula is C16H13N3OS. The molecule has 21 heavy (non-hydrogen) atoms. The van der Waals surface area contributed by atoms with E-state index in [1.165, 1.54) is 11.8 Å². The van der Waals surface area contributed by atoms with Gasteiger partial charge in [0.15, 0.2) is 5.17 Å². The van der Waals surface area contributed by atoms with Gasteiger partial charge in [0.1, 0.15) is 0 Å². The third-order valence-corrected chi connectivity index (χ3v) is 3.76. The predicted molar refractivity (Wildman–Crippen MR) is 86.2 cm³/mol. The first-order valence-electron chi connectivity index (χ1n) is 6.48. The summed E-state index contributed by atoms with van der Waals surface area (Å²) in [7, 11) is 0. The van der Waals surface area contributed by atoms with E-state index >= 15 is 0 Å². The lowest BCUT2D eigenvalue weighted by Gasteiger charge is -1.97. The van der Waals surface area contributed by atoms with Gasteiger partial charge in [-0.2, -0.15) is 0 Å². The maximum absolute atomic E-state index is 11.9. The number of pyridine rings is 1. The molecule has 1 aromatic heterocycles. The SMILES string of the molecule is Cc1cccc(N=C2NC(=O)/C(=C/c3ccccn3)S2)c1. The average molecular weight is 295 g/mol. The van der Waals surface area contributed by atoms with E-state index in [9.17, 15) is 4.79 Å². The minimum atomic E-state index is -0.142. The summed E-state index contributed by atoms with van der Waals surface area (Å²) < 4.78 is 0. The number of aromatic nitrogens is 1. The fraction of sp³-hybridized carbons (Fsp3) is 0.0625. The third-order valence-electron chi connectivity index (χ3n) is 2.85. The van der Waals surface area contributed by atoms with Crippen molar-refractivity contribution in [1.29, 1.82) is 0 Å². The fourth-order valence-corrected chi connectivity index (χ4v) is 2.72. The second kappa shape index (κ2) is 5.93. The molecule has 0 saturated carbocycles. The van der Waals surface area contributed by atoms with Crippen LogP contribution in [-0.4, -0.2) is 16.1 Å². The van der Waals surface area contributed by atoms with Crippen LogP contribution in [0, 0.1) is 6.92 Å². The summed E-state index contributed by atoms with van der Waals surface area (Å²) in [5, 5.41) is 3.36. The molecule has 1 aliphatic heterocycles. The molecule has 0 bridgehead atoms. The Balaban J connectivity index is 1.83. The van der Waals surface area contributed by atoms with Gasteiger partial charge < -0.3 is 5.32 Å². The maximum atomic E-state index is 11.9. The molecule has 0 atom stereocenters. The molecule has 1 amide bonds. The summed E-state index contributed by atoms with van der Waals surface area (Å²) in [6.07, 6.45) is 3.46. The molecular weight excluding hydrogens is 282 g/mol. The Hall–Kier alpha value is -2.40. The number of rotatable bonds is 2. The molecule has 1 aromatic carbocycles. The van der Waals surface area contributed by atoms with Crippen molar-refractivity contribution in [3.63, 3.8) is 0 Å². The van der Waals surface area contributed by atoms with Gasteiger partial charge >= 0.3 is 0 Å². The van der Waals surface area contributed by atoms with Crippen LogP contribution in [0.25, 0.3) is 6.08 Å². The Morgan fingerprint density at radius 2 is 2.14 bits per heavy atom. The number of carbonyl (C=O) groups is 1. The normalized spacial score (nSPS) is 18.2. The van der Waals surface area contributed by atoms with Crippen LogP contribution in [-0.2, 0) is 4.79 Å². The van der Waals surface area contributed by atoms with Gasteiger partial charge in [0, 0.05) is 6.20 Å². The molecule has 1 aliphatic rings. The van der Waals surface area contributed by atoms with Crippen LogP contribution in [0.15, 0.2) is 58.6 Å². The summed E-state index contributed by atoms with van der Waals surface area (Å²) in [6, 6.07) is 13.4. The highest BCUT2D eigenvalue weighted by Crippen LogP contribution is 2.27. The molecule has 0 aliphatic carbocycles. The van der Waals surface area contributed by atoms with Gasteiger partial charge in [0.2, 0.25) is 0 Å². The number of amidine groups is 1. The highest BCUT2D eigenvalue weighted by Gasteiger charge is 2.23. The van der Waals surface area contributed by atoms with Crippen molar-refractivity contribution in [2.75, 3.05) is 0 Å². The van der Waals surface area contributed by atoms with E-state index in [4.69, 9.17) is 0 Å². The van der Waals surface area contributed by atoms with Crippen molar-refractivity contribution in [3.05, 3.63) is 64.8 Å². The van der Waals surface area contributed by atoms with Crippen LogP contribution < -0.4 is 5.32 Å². The van der Waals surface area contributed by atoms with Gasteiger partial charge in [-0.15, -0.1) is 0 Å². The van der Waals surface area contributed by atoms with Gasteiger partial charge in [0.25, 0.3) is 5.91 Å². The molecule has 1 N–H and O–H groups in total. The van der Waals surface area contributed by atoms with Crippen molar-refractivity contribution in [3.8, 4) is 0 Å². The molecule has 2 aromatic rings. The second-order valence-electron chi connectivity index (χ2n) is 4.58. The molecule has 104 valence electrons. The third kappa shape index (κ3) is 3.38. The number of carbonyl (C=O) groups excluding carboxylic acids is 1. The van der Waals surface area contributed by atoms with Crippen LogP contribution in [0.4, 0.5) is 5.69 Å². The highest BCUT2D eigenvalue weighted by molar-refractivity contribution is 8.18. The maximum Gasteiger partial charge on any atom is 0.264 e. The number of hydrogen-bond donors (Lipinski definition) is 1. The van der Waals surface area contributed by atoms with Gasteiger partial charge in [-0.3, -0.25) is 9.78 Å². The molecule has 0 spiro atoms. The molecule has 1 saturated heterocycles. The molecule has 5 heteroatoms. The molecule has 0 radical (unpaired) electrons. The van der Waals surface area contributed by atoms with Crippen LogP contribution in [0.5, 0.6) is 0 Å². The van der Waals surface area contributed by atoms with E-state index in [0.29, 0.717) is 10.1 Å². The summed E-state index contributed by atoms with van der Waals surface area (Å²) in [6.45, 7) is 2.01. The first-order valence-corrected chi connectivity index (χ1v) is 7.30. The lowest BCUT2D eigenvalue weighted by molar-refractivity contribution is -0.115. The zero-order chi connectivity index (χ0) is 14.7. The Bertz CT molecular complexity index is 738. The van der Waals surface area contributed by atoms with Crippen LogP contribution in [0.3, 0.4) is 0 Å². The molecule has 2 heterocycles. The quantitative estimate of drug-likeness (QED) is 0.865. The van der Waals surface area contributed by atoms with E-state index in [1.54, 1.807) is 12.3 Å². The average Bonchev–Trinajstić information content (AvgIpc) is 2.80. The second-order valence-corrected chi connectivity index (χ2v) is 5.61. The largest absolute Gasteiger partial charge is 0.300 e. The minimum absolute atomic E-state index is 0.142. The first-order chi connectivity index (χ1) is 10.2. The van der Waals surface area contributed by atoms with Gasteiger partial charge in [-0.25, -0.2) is 4.99 Å². The van der Waals surface area contributed by atoms with Crippen molar-refractivity contribution < 1.29 is 4.79 Å². The van der Waals surface area contributed by atoms with E-state index < -0.39 is 0 Å². The Kier molecular flexibility index (Phi) is 3.83. The van der Waals surface area contributed by atoms with Crippen molar-refractivity contribution in [2.45, 2.75) is 6.92 Å². The van der Waals surface area contributed by atoms with Crippen molar-refractivity contribution in [2.24, 2.45) is 4.99 Å². The fourth-order valence-electron chi connectivity index (χ4n) is 1.89. The van der Waals surface area contributed by atoms with Gasteiger partial charge in [-0.05, 0) is 54.6 Å². The van der Waals surface area contributed by atoms with Crippen molar-refractivity contribution >= 4 is 34.6 Å². The lowest BCUT2D eigenvalue weighted by atomic mass is 10.2. The number of aryl methyl sites for hydroxylation is 1. The van der Waals surface area contributed by atoms with Crippen LogP contribution >= 0.6 is 11.8 Å². The first kappa shape index (κ1) is 13.6. The molecule has 4 nitrogen and oxygen atoms in total. The minimum Gasteiger partial charge on any atom is -0.300 e. The lowest BCUT2D eigenvalue weighted by Crippen LogP contribution is -2.19. The monoisotopic (exact) mass is 295 g/mol. The van der Waals surface area contributed by atoms with Crippen molar-refractivity contribution in [1.82, 2.24) is 10.3 Å². The zero-order valence-corrected chi connectivity index (χ0v) is 12.2. The van der Waals surface area contributed by atoms with Crippen LogP contribution in [0.1, 0.15) is 11.3 Å². The highest BCUT2D eigenvalue weighted by atomic mass is 32.2. The summed E-state index contributed by atoms with van der Waals surface area (Å²) in [5.74, 6) is -0.142. The number of hydrogen-bond acceptors (Lipinski definition) is 4. The van der Waals surface area contributed by atoms with E-state index in [2.05, 4.69) is 15.3 Å². The van der Waals surface area contributed by atoms with E-state index in [0.717, 1.165) is 16.9 Å². The summed E-state index contributed by atoms with van der Waals surface area (Å²) >= 11 is 1.32. The van der Waals surface area contributed by atoms with Crippen LogP contribution in [0.2, 0.25) is 0 Å². The molecule has 3 rings (SSSR count). The predicted octanol–water partition coefficient (Wildman–Crippen LogP) is 3.28. The number of amides is 1. The molecule has 1 fully saturated rings. The molecule has 0 unspecified atom stereocenters. The summed E-state index contributed by atoms with van der Waals surface area (Å²) in [4.78, 5) is 21.2. The number of aliphatic imine (C=N–C) groups is 1. The van der Waals surface area contributed by atoms with E-state index in [1.807, 2.05) is 49.4 Å². The summed E-state index contributed by atoms with van der Waals surface area (Å²) in [5.41, 5.74) is 2.72.